The van der Waals surface area contributed by atoms with E-state index in [0.29, 0.717) is 0 Å². The molecular formula is C15H22N2O2. The highest BCUT2D eigenvalue weighted by Gasteiger charge is 2.31. The van der Waals surface area contributed by atoms with Crippen molar-refractivity contribution in [3.05, 3.63) is 29.3 Å². The van der Waals surface area contributed by atoms with Crippen LogP contribution in [-0.2, 0) is 4.74 Å². The zero-order valence-electron chi connectivity index (χ0n) is 12.1. The maximum absolute atomic E-state index is 12.5. The predicted octanol–water partition coefficient (Wildman–Crippen LogP) is 2.29. The third-order valence-corrected chi connectivity index (χ3v) is 3.90. The molecule has 0 aliphatic carbocycles. The molecule has 2 atom stereocenters. The summed E-state index contributed by atoms with van der Waals surface area (Å²) in [5.41, 5.74) is 2.78. The number of carbonyl (C=O) groups excluding carboxylic acids is 1. The Balaban J connectivity index is 2.19. The molecule has 2 unspecified atom stereocenters. The van der Waals surface area contributed by atoms with Gasteiger partial charge in [0, 0.05) is 32.0 Å². The SMILES string of the molecule is CNc1ccc(C(=O)N(C)C2CCOC2C)c(C)c1. The van der Waals surface area contributed by atoms with Crippen molar-refractivity contribution >= 4 is 11.6 Å². The van der Waals surface area contributed by atoms with Gasteiger partial charge in [-0.25, -0.2) is 0 Å². The Morgan fingerprint density at radius 2 is 2.21 bits per heavy atom. The maximum Gasteiger partial charge on any atom is 0.254 e. The second kappa shape index (κ2) is 5.61. The van der Waals surface area contributed by atoms with Crippen molar-refractivity contribution in [2.24, 2.45) is 0 Å². The molecule has 19 heavy (non-hydrogen) atoms. The standard InChI is InChI=1S/C15H22N2O2/c1-10-9-12(16-3)5-6-13(10)15(18)17(4)14-7-8-19-11(14)2/h5-6,9,11,14,16H,7-8H2,1-4H3. The Hall–Kier alpha value is -1.55. The van der Waals surface area contributed by atoms with Crippen LogP contribution in [0.15, 0.2) is 18.2 Å². The van der Waals surface area contributed by atoms with Gasteiger partial charge in [-0.3, -0.25) is 4.79 Å². The number of benzene rings is 1. The van der Waals surface area contributed by atoms with E-state index in [2.05, 4.69) is 5.32 Å². The number of anilines is 1. The average molecular weight is 262 g/mol. The molecule has 0 saturated carbocycles. The fraction of sp³-hybridized carbons (Fsp3) is 0.533. The number of ether oxygens (including phenoxy) is 1. The zero-order valence-corrected chi connectivity index (χ0v) is 12.1. The molecule has 1 aromatic carbocycles. The summed E-state index contributed by atoms with van der Waals surface area (Å²) >= 11 is 0. The van der Waals surface area contributed by atoms with E-state index in [1.165, 1.54) is 0 Å². The van der Waals surface area contributed by atoms with Crippen LogP contribution in [-0.4, -0.2) is 43.7 Å². The lowest BCUT2D eigenvalue weighted by molar-refractivity contribution is 0.0574. The van der Waals surface area contributed by atoms with Crippen LogP contribution in [0.25, 0.3) is 0 Å². The number of nitrogens with one attached hydrogen (secondary N) is 1. The smallest absolute Gasteiger partial charge is 0.254 e. The number of likely N-dealkylation sites (N-methyl/N-ethyl adjacent to an activating group) is 1. The summed E-state index contributed by atoms with van der Waals surface area (Å²) in [5, 5.41) is 3.08. The second-order valence-corrected chi connectivity index (χ2v) is 5.13. The van der Waals surface area contributed by atoms with Crippen LogP contribution in [0.2, 0.25) is 0 Å². The van der Waals surface area contributed by atoms with Crippen LogP contribution in [0.5, 0.6) is 0 Å². The van der Waals surface area contributed by atoms with Gasteiger partial charge in [0.15, 0.2) is 0 Å². The molecule has 0 bridgehead atoms. The minimum absolute atomic E-state index is 0.0718. The Morgan fingerprint density at radius 3 is 2.74 bits per heavy atom. The highest BCUT2D eigenvalue weighted by Crippen LogP contribution is 2.22. The monoisotopic (exact) mass is 262 g/mol. The summed E-state index contributed by atoms with van der Waals surface area (Å²) in [7, 11) is 3.74. The van der Waals surface area contributed by atoms with E-state index < -0.39 is 0 Å². The summed E-state index contributed by atoms with van der Waals surface area (Å²) in [5.74, 6) is 0.0718. The quantitative estimate of drug-likeness (QED) is 0.908. The first-order chi connectivity index (χ1) is 9.04. The normalized spacial score (nSPS) is 22.3. The van der Waals surface area contributed by atoms with E-state index in [-0.39, 0.29) is 18.1 Å². The average Bonchev–Trinajstić information content (AvgIpc) is 2.83. The molecular weight excluding hydrogens is 240 g/mol. The zero-order chi connectivity index (χ0) is 14.0. The van der Waals surface area contributed by atoms with Crippen molar-refractivity contribution in [3.8, 4) is 0 Å². The van der Waals surface area contributed by atoms with Gasteiger partial charge >= 0.3 is 0 Å². The van der Waals surface area contributed by atoms with Gasteiger partial charge in [0.25, 0.3) is 5.91 Å². The van der Waals surface area contributed by atoms with E-state index in [9.17, 15) is 4.79 Å². The number of aryl methyl sites for hydroxylation is 1. The lowest BCUT2D eigenvalue weighted by Gasteiger charge is -2.27. The molecule has 0 aromatic heterocycles. The fourth-order valence-corrected chi connectivity index (χ4v) is 2.63. The van der Waals surface area contributed by atoms with Gasteiger partial charge in [0.1, 0.15) is 0 Å². The molecule has 1 aliphatic rings. The van der Waals surface area contributed by atoms with Gasteiger partial charge in [0.2, 0.25) is 0 Å². The summed E-state index contributed by atoms with van der Waals surface area (Å²) in [6, 6.07) is 5.99. The van der Waals surface area contributed by atoms with Crippen molar-refractivity contribution in [3.63, 3.8) is 0 Å². The van der Waals surface area contributed by atoms with Crippen LogP contribution >= 0.6 is 0 Å². The molecule has 1 aromatic rings. The number of nitrogens with zero attached hydrogens (tertiary/aromatic N) is 1. The van der Waals surface area contributed by atoms with Crippen LogP contribution in [0.4, 0.5) is 5.69 Å². The van der Waals surface area contributed by atoms with Crippen LogP contribution in [0, 0.1) is 6.92 Å². The van der Waals surface area contributed by atoms with Crippen molar-refractivity contribution in [2.45, 2.75) is 32.4 Å². The molecule has 0 spiro atoms. The molecule has 2 rings (SSSR count). The molecule has 4 heteroatoms. The Labute approximate surface area is 114 Å². The third-order valence-electron chi connectivity index (χ3n) is 3.90. The molecule has 1 aliphatic heterocycles. The van der Waals surface area contributed by atoms with E-state index in [1.807, 2.05) is 51.0 Å². The Morgan fingerprint density at radius 1 is 1.47 bits per heavy atom. The third kappa shape index (κ3) is 2.73. The molecule has 1 amide bonds. The van der Waals surface area contributed by atoms with Crippen molar-refractivity contribution < 1.29 is 9.53 Å². The van der Waals surface area contributed by atoms with Gasteiger partial charge in [-0.1, -0.05) is 0 Å². The highest BCUT2D eigenvalue weighted by atomic mass is 16.5. The van der Waals surface area contributed by atoms with E-state index >= 15 is 0 Å². The summed E-state index contributed by atoms with van der Waals surface area (Å²) in [6.45, 7) is 4.73. The maximum atomic E-state index is 12.5. The van der Waals surface area contributed by atoms with E-state index in [0.717, 1.165) is 29.8 Å². The first kappa shape index (κ1) is 13.9. The van der Waals surface area contributed by atoms with E-state index in [1.54, 1.807) is 0 Å². The molecule has 104 valence electrons. The van der Waals surface area contributed by atoms with Crippen LogP contribution in [0.1, 0.15) is 29.3 Å². The summed E-state index contributed by atoms with van der Waals surface area (Å²) in [4.78, 5) is 14.4. The Kier molecular flexibility index (Phi) is 4.10. The van der Waals surface area contributed by atoms with Crippen LogP contribution < -0.4 is 5.32 Å². The number of hydrogen-bond acceptors (Lipinski definition) is 3. The van der Waals surface area contributed by atoms with Crippen molar-refractivity contribution in [1.82, 2.24) is 4.90 Å². The number of rotatable bonds is 3. The Bertz CT molecular complexity index is 473. The van der Waals surface area contributed by atoms with Crippen molar-refractivity contribution in [1.29, 1.82) is 0 Å². The largest absolute Gasteiger partial charge is 0.388 e. The number of amides is 1. The lowest BCUT2D eigenvalue weighted by atomic mass is 10.0. The predicted molar refractivity (Wildman–Crippen MR) is 76.6 cm³/mol. The van der Waals surface area contributed by atoms with Gasteiger partial charge in [-0.2, -0.15) is 0 Å². The minimum atomic E-state index is 0.0718. The lowest BCUT2D eigenvalue weighted by Crippen LogP contribution is -2.41. The second-order valence-electron chi connectivity index (χ2n) is 5.13. The van der Waals surface area contributed by atoms with Crippen molar-refractivity contribution in [2.75, 3.05) is 26.0 Å². The van der Waals surface area contributed by atoms with Gasteiger partial charge in [-0.05, 0) is 44.0 Å². The molecule has 4 nitrogen and oxygen atoms in total. The topological polar surface area (TPSA) is 41.6 Å². The summed E-state index contributed by atoms with van der Waals surface area (Å²) < 4.78 is 5.54. The van der Waals surface area contributed by atoms with Gasteiger partial charge in [-0.15, -0.1) is 0 Å². The van der Waals surface area contributed by atoms with E-state index in [4.69, 9.17) is 4.74 Å². The summed E-state index contributed by atoms with van der Waals surface area (Å²) in [6.07, 6.45) is 1.03. The molecule has 1 N–H and O–H groups in total. The fourth-order valence-electron chi connectivity index (χ4n) is 2.63. The molecule has 1 fully saturated rings. The molecule has 0 radical (unpaired) electrons. The first-order valence-electron chi connectivity index (χ1n) is 6.71. The highest BCUT2D eigenvalue weighted by molar-refractivity contribution is 5.96. The van der Waals surface area contributed by atoms with Crippen LogP contribution in [0.3, 0.4) is 0 Å². The first-order valence-corrected chi connectivity index (χ1v) is 6.71. The van der Waals surface area contributed by atoms with Gasteiger partial charge in [0.05, 0.1) is 12.1 Å². The van der Waals surface area contributed by atoms with Gasteiger partial charge < -0.3 is 15.0 Å². The minimum Gasteiger partial charge on any atom is -0.388 e. The molecule has 1 saturated heterocycles. The molecule has 1 heterocycles. The number of carbonyl (C=O) groups is 1. The number of hydrogen-bond donors (Lipinski definition) is 1.